The van der Waals surface area contributed by atoms with E-state index in [9.17, 15) is 15.0 Å². The third-order valence-electron chi connectivity index (χ3n) is 3.29. The van der Waals surface area contributed by atoms with E-state index in [1.54, 1.807) is 4.90 Å². The molecule has 0 bridgehead atoms. The van der Waals surface area contributed by atoms with Gasteiger partial charge in [-0.05, 0) is 12.8 Å². The fraction of sp³-hybridized carbons (Fsp3) is 0.909. The highest BCUT2D eigenvalue weighted by Gasteiger charge is 2.30. The summed E-state index contributed by atoms with van der Waals surface area (Å²) in [6, 6.07) is 0.202. The third kappa shape index (κ3) is 3.64. The van der Waals surface area contributed by atoms with Crippen molar-refractivity contribution in [1.29, 1.82) is 0 Å². The Morgan fingerprint density at radius 2 is 1.82 bits per heavy atom. The maximum atomic E-state index is 11.7. The lowest BCUT2D eigenvalue weighted by atomic mass is 10.1. The first-order valence-corrected chi connectivity index (χ1v) is 6.11. The Balaban J connectivity index is 1.70. The molecule has 2 aliphatic heterocycles. The minimum absolute atomic E-state index is 0.0433. The molecule has 2 saturated heterocycles. The molecule has 0 aliphatic carbocycles. The van der Waals surface area contributed by atoms with E-state index >= 15 is 0 Å². The van der Waals surface area contributed by atoms with E-state index in [-0.39, 0.29) is 18.5 Å². The molecule has 6 heteroatoms. The van der Waals surface area contributed by atoms with Crippen molar-refractivity contribution in [3.05, 3.63) is 0 Å². The number of ether oxygens (including phenoxy) is 1. The molecule has 0 aromatic rings. The molecule has 0 radical (unpaired) electrons. The number of aliphatic hydroxyl groups is 2. The van der Waals surface area contributed by atoms with E-state index in [0.29, 0.717) is 26.3 Å². The normalized spacial score (nSPS) is 31.6. The van der Waals surface area contributed by atoms with Gasteiger partial charge in [-0.1, -0.05) is 0 Å². The predicted octanol–water partition coefficient (Wildman–Crippen LogP) is -1.68. The number of amides is 1. The van der Waals surface area contributed by atoms with Crippen molar-refractivity contribution in [2.45, 2.75) is 31.1 Å². The summed E-state index contributed by atoms with van der Waals surface area (Å²) in [5.41, 5.74) is 0. The zero-order valence-corrected chi connectivity index (χ0v) is 9.84. The molecule has 2 rings (SSSR count). The number of β-amino-alcohol motifs (C(OH)–C–C–N with tert-alkyl or cyclic N) is 2. The van der Waals surface area contributed by atoms with Crippen LogP contribution in [0.1, 0.15) is 12.8 Å². The van der Waals surface area contributed by atoms with Crippen LogP contribution in [-0.4, -0.2) is 72.1 Å². The monoisotopic (exact) mass is 244 g/mol. The molecule has 2 aliphatic rings. The van der Waals surface area contributed by atoms with Crippen LogP contribution in [0.2, 0.25) is 0 Å². The summed E-state index contributed by atoms with van der Waals surface area (Å²) in [6.45, 7) is 2.37. The van der Waals surface area contributed by atoms with Gasteiger partial charge in [-0.3, -0.25) is 9.69 Å². The molecule has 0 aromatic carbocycles. The Kier molecular flexibility index (Phi) is 4.33. The number of likely N-dealkylation sites (tertiary alicyclic amines) is 1. The zero-order chi connectivity index (χ0) is 12.3. The van der Waals surface area contributed by atoms with Crippen LogP contribution in [0.4, 0.5) is 0 Å². The van der Waals surface area contributed by atoms with Crippen LogP contribution in [0.15, 0.2) is 0 Å². The first-order valence-electron chi connectivity index (χ1n) is 6.11. The summed E-state index contributed by atoms with van der Waals surface area (Å²) in [6.07, 6.45) is 0.255. The SMILES string of the molecule is O=C(CN1C[C@@H](O)[C@@H](O)C1)NC1CCOCC1. The van der Waals surface area contributed by atoms with Crippen molar-refractivity contribution < 1.29 is 19.7 Å². The maximum absolute atomic E-state index is 11.7. The Bertz CT molecular complexity index is 258. The fourth-order valence-corrected chi connectivity index (χ4v) is 2.29. The second-order valence-corrected chi connectivity index (χ2v) is 4.78. The molecule has 2 heterocycles. The van der Waals surface area contributed by atoms with Crippen LogP contribution >= 0.6 is 0 Å². The molecule has 98 valence electrons. The van der Waals surface area contributed by atoms with Crippen LogP contribution < -0.4 is 5.32 Å². The van der Waals surface area contributed by atoms with Gasteiger partial charge >= 0.3 is 0 Å². The van der Waals surface area contributed by atoms with Gasteiger partial charge in [0, 0.05) is 32.3 Å². The van der Waals surface area contributed by atoms with Gasteiger partial charge in [0.2, 0.25) is 5.91 Å². The Labute approximate surface area is 101 Å². The molecular weight excluding hydrogens is 224 g/mol. The molecule has 1 amide bonds. The molecule has 0 aromatic heterocycles. The van der Waals surface area contributed by atoms with E-state index < -0.39 is 12.2 Å². The van der Waals surface area contributed by atoms with Gasteiger partial charge in [-0.15, -0.1) is 0 Å². The van der Waals surface area contributed by atoms with Crippen molar-refractivity contribution in [3.8, 4) is 0 Å². The number of carbonyl (C=O) groups excluding carboxylic acids is 1. The van der Waals surface area contributed by atoms with Crippen molar-refractivity contribution in [2.75, 3.05) is 32.8 Å². The van der Waals surface area contributed by atoms with E-state index in [1.165, 1.54) is 0 Å². The van der Waals surface area contributed by atoms with Crippen LogP contribution in [0.5, 0.6) is 0 Å². The van der Waals surface area contributed by atoms with Crippen molar-refractivity contribution in [1.82, 2.24) is 10.2 Å². The van der Waals surface area contributed by atoms with Crippen LogP contribution in [0, 0.1) is 0 Å². The van der Waals surface area contributed by atoms with Crippen molar-refractivity contribution in [2.24, 2.45) is 0 Å². The zero-order valence-electron chi connectivity index (χ0n) is 9.84. The van der Waals surface area contributed by atoms with Gasteiger partial charge in [-0.2, -0.15) is 0 Å². The van der Waals surface area contributed by atoms with Gasteiger partial charge in [0.05, 0.1) is 18.8 Å². The van der Waals surface area contributed by atoms with Gasteiger partial charge in [0.1, 0.15) is 0 Å². The Hall–Kier alpha value is -0.690. The number of aliphatic hydroxyl groups excluding tert-OH is 2. The van der Waals surface area contributed by atoms with Crippen LogP contribution in [0.3, 0.4) is 0 Å². The lowest BCUT2D eigenvalue weighted by Crippen LogP contribution is -2.44. The Morgan fingerprint density at radius 1 is 1.24 bits per heavy atom. The van der Waals surface area contributed by atoms with E-state index in [0.717, 1.165) is 12.8 Å². The maximum Gasteiger partial charge on any atom is 0.234 e. The summed E-state index contributed by atoms with van der Waals surface area (Å²) in [5, 5.41) is 21.7. The second kappa shape index (κ2) is 5.77. The highest BCUT2D eigenvalue weighted by molar-refractivity contribution is 5.78. The molecule has 6 nitrogen and oxygen atoms in total. The lowest BCUT2D eigenvalue weighted by Gasteiger charge is -2.24. The van der Waals surface area contributed by atoms with Crippen LogP contribution in [-0.2, 0) is 9.53 Å². The molecular formula is C11H20N2O4. The van der Waals surface area contributed by atoms with Gasteiger partial charge in [0.15, 0.2) is 0 Å². The highest BCUT2D eigenvalue weighted by atomic mass is 16.5. The second-order valence-electron chi connectivity index (χ2n) is 4.78. The number of hydrogen-bond acceptors (Lipinski definition) is 5. The van der Waals surface area contributed by atoms with E-state index in [2.05, 4.69) is 5.32 Å². The topological polar surface area (TPSA) is 82.0 Å². The standard InChI is InChI=1S/C11H20N2O4/c14-9-5-13(6-10(9)15)7-11(16)12-8-1-3-17-4-2-8/h8-10,14-15H,1-7H2,(H,12,16)/t9-,10+. The lowest BCUT2D eigenvalue weighted by molar-refractivity contribution is -0.123. The van der Waals surface area contributed by atoms with Crippen molar-refractivity contribution in [3.63, 3.8) is 0 Å². The summed E-state index contributed by atoms with van der Waals surface area (Å²) < 4.78 is 5.22. The number of carbonyl (C=O) groups is 1. The third-order valence-corrected chi connectivity index (χ3v) is 3.29. The Morgan fingerprint density at radius 3 is 2.41 bits per heavy atom. The molecule has 0 spiro atoms. The number of rotatable bonds is 3. The quantitative estimate of drug-likeness (QED) is 0.552. The van der Waals surface area contributed by atoms with E-state index in [4.69, 9.17) is 4.74 Å². The first kappa shape index (κ1) is 12.8. The first-order chi connectivity index (χ1) is 8.15. The summed E-state index contributed by atoms with van der Waals surface area (Å²) in [7, 11) is 0. The molecule has 2 fully saturated rings. The number of nitrogens with one attached hydrogen (secondary N) is 1. The average molecular weight is 244 g/mol. The summed E-state index contributed by atoms with van der Waals surface area (Å²) >= 11 is 0. The molecule has 17 heavy (non-hydrogen) atoms. The molecule has 0 unspecified atom stereocenters. The molecule has 0 saturated carbocycles. The minimum Gasteiger partial charge on any atom is -0.389 e. The largest absolute Gasteiger partial charge is 0.389 e. The molecule has 3 N–H and O–H groups in total. The van der Waals surface area contributed by atoms with Crippen LogP contribution in [0.25, 0.3) is 0 Å². The highest BCUT2D eigenvalue weighted by Crippen LogP contribution is 2.10. The summed E-state index contributed by atoms with van der Waals surface area (Å²) in [4.78, 5) is 13.5. The number of nitrogens with zero attached hydrogens (tertiary/aromatic N) is 1. The van der Waals surface area contributed by atoms with E-state index in [1.807, 2.05) is 0 Å². The summed E-state index contributed by atoms with van der Waals surface area (Å²) in [5.74, 6) is -0.0433. The van der Waals surface area contributed by atoms with Crippen molar-refractivity contribution >= 4 is 5.91 Å². The molecule has 2 atom stereocenters. The van der Waals surface area contributed by atoms with Gasteiger partial charge < -0.3 is 20.3 Å². The van der Waals surface area contributed by atoms with Gasteiger partial charge in [0.25, 0.3) is 0 Å². The number of hydrogen-bond donors (Lipinski definition) is 3. The minimum atomic E-state index is -0.731. The van der Waals surface area contributed by atoms with Gasteiger partial charge in [-0.25, -0.2) is 0 Å². The predicted molar refractivity (Wildman–Crippen MR) is 60.4 cm³/mol. The smallest absolute Gasteiger partial charge is 0.234 e. The fourth-order valence-electron chi connectivity index (χ4n) is 2.29. The average Bonchev–Trinajstić information content (AvgIpc) is 2.59.